The first-order valence-electron chi connectivity index (χ1n) is 18.9. The molecular weight excluding hydrogens is 540 g/mol. The number of nitrogens with zero attached hydrogens (tertiary/aromatic N) is 2. The smallest absolute Gasteiger partial charge is 0.169 e. The zero-order valence-electron chi connectivity index (χ0n) is 29.1. The summed E-state index contributed by atoms with van der Waals surface area (Å²) in [6.07, 6.45) is 38.7. The van der Waals surface area contributed by atoms with Crippen LogP contribution < -0.4 is 9.13 Å². The molecule has 0 saturated carbocycles. The molecule has 4 nitrogen and oxygen atoms in total. The maximum Gasteiger partial charge on any atom is 0.169 e. The van der Waals surface area contributed by atoms with Crippen LogP contribution in [-0.2, 0) is 35.8 Å². The fraction of sp³-hybridized carbons (Fsp3) is 0.750. The fourth-order valence-electron chi connectivity index (χ4n) is 5.82. The van der Waals surface area contributed by atoms with Gasteiger partial charge in [-0.3, -0.25) is 0 Å². The van der Waals surface area contributed by atoms with Gasteiger partial charge in [0, 0.05) is 50.3 Å². The Bertz CT molecular complexity index is 794. The van der Waals surface area contributed by atoms with Gasteiger partial charge in [0.15, 0.2) is 24.8 Å². The lowest BCUT2D eigenvalue weighted by Gasteiger charge is -2.06. The number of pyridine rings is 2. The Kier molecular flexibility index (Phi) is 25.0. The van der Waals surface area contributed by atoms with Crippen LogP contribution in [-0.4, -0.2) is 13.2 Å². The monoisotopic (exact) mass is 611 g/mol. The lowest BCUT2D eigenvalue weighted by atomic mass is 10.1. The molecule has 0 bridgehead atoms. The summed E-state index contributed by atoms with van der Waals surface area (Å²) in [4.78, 5) is 0. The molecule has 0 N–H and O–H groups in total. The number of aromatic nitrogens is 2. The molecule has 0 spiro atoms. The largest absolute Gasteiger partial charge is 0.377 e. The molecule has 0 aliphatic rings. The molecule has 2 aromatic rings. The molecule has 44 heavy (non-hydrogen) atoms. The van der Waals surface area contributed by atoms with Crippen molar-refractivity contribution in [1.82, 2.24) is 0 Å². The molecule has 4 heteroatoms. The van der Waals surface area contributed by atoms with Crippen LogP contribution in [0.15, 0.2) is 49.1 Å². The summed E-state index contributed by atoms with van der Waals surface area (Å²) in [5.41, 5.74) is 2.52. The molecule has 0 unspecified atom stereocenters. The molecule has 2 rings (SSSR count). The van der Waals surface area contributed by atoms with Gasteiger partial charge in [0.1, 0.15) is 13.1 Å². The van der Waals surface area contributed by atoms with Crippen molar-refractivity contribution in [2.75, 3.05) is 13.2 Å². The van der Waals surface area contributed by atoms with Crippen molar-refractivity contribution in [3.8, 4) is 0 Å². The first kappa shape index (κ1) is 38.4. The Morgan fingerprint density at radius 3 is 1.00 bits per heavy atom. The molecule has 0 fully saturated rings. The molecule has 0 radical (unpaired) electrons. The third-order valence-corrected chi connectivity index (χ3v) is 8.82. The predicted molar refractivity (Wildman–Crippen MR) is 186 cm³/mol. The average Bonchev–Trinajstić information content (AvgIpc) is 3.05. The van der Waals surface area contributed by atoms with Gasteiger partial charge in [-0.15, -0.1) is 0 Å². The van der Waals surface area contributed by atoms with Gasteiger partial charge in [0.2, 0.25) is 0 Å². The van der Waals surface area contributed by atoms with E-state index in [4.69, 9.17) is 9.47 Å². The number of rotatable bonds is 31. The summed E-state index contributed by atoms with van der Waals surface area (Å²) < 4.78 is 16.5. The fourth-order valence-corrected chi connectivity index (χ4v) is 5.82. The minimum absolute atomic E-state index is 0.698. The lowest BCUT2D eigenvalue weighted by Crippen LogP contribution is -2.32. The van der Waals surface area contributed by atoms with Gasteiger partial charge in [-0.2, -0.15) is 0 Å². The van der Waals surface area contributed by atoms with Gasteiger partial charge in [0.25, 0.3) is 0 Å². The topological polar surface area (TPSA) is 26.2 Å². The Labute approximate surface area is 273 Å². The van der Waals surface area contributed by atoms with Crippen molar-refractivity contribution < 1.29 is 18.6 Å². The van der Waals surface area contributed by atoms with Gasteiger partial charge in [-0.05, 0) is 36.8 Å². The maximum atomic E-state index is 5.91. The first-order valence-corrected chi connectivity index (χ1v) is 18.9. The van der Waals surface area contributed by atoms with Crippen molar-refractivity contribution in [2.24, 2.45) is 0 Å². The van der Waals surface area contributed by atoms with Crippen LogP contribution in [0.25, 0.3) is 0 Å². The standard InChI is InChI=1S/C40H70N2O2/c1-3-5-7-9-11-13-15-17-19-21-29-41-31-25-39(26-32-41)37-43-35-23-24-36-44-38-40-27-33-42(34-28-40)30-22-20-18-16-14-12-10-8-6-4-2/h25-28,31-34H,3-24,29-30,35-38H2,1-2H3/q+2. The molecule has 0 aliphatic carbocycles. The Balaban J connectivity index is 1.37. The van der Waals surface area contributed by atoms with Crippen LogP contribution in [0, 0.1) is 0 Å². The predicted octanol–water partition coefficient (Wildman–Crippen LogP) is 10.6. The van der Waals surface area contributed by atoms with Crippen LogP contribution in [0.4, 0.5) is 0 Å². The minimum Gasteiger partial charge on any atom is -0.377 e. The molecule has 2 heterocycles. The normalized spacial score (nSPS) is 11.4. The SMILES string of the molecule is CCCCCCCCCCCC[n+]1ccc(COCCCCOCc2cc[n+](CCCCCCCCCCCC)cc2)cc1. The molecule has 0 atom stereocenters. The molecule has 2 aromatic heterocycles. The molecule has 0 amide bonds. The second-order valence-electron chi connectivity index (χ2n) is 13.1. The van der Waals surface area contributed by atoms with Crippen molar-refractivity contribution in [3.05, 3.63) is 60.2 Å². The third-order valence-electron chi connectivity index (χ3n) is 8.82. The summed E-state index contributed by atoms with van der Waals surface area (Å²) in [6, 6.07) is 8.83. The van der Waals surface area contributed by atoms with Gasteiger partial charge < -0.3 is 9.47 Å². The summed E-state index contributed by atoms with van der Waals surface area (Å²) in [7, 11) is 0. The van der Waals surface area contributed by atoms with Crippen molar-refractivity contribution in [1.29, 1.82) is 0 Å². The van der Waals surface area contributed by atoms with Crippen molar-refractivity contribution in [3.63, 3.8) is 0 Å². The highest BCUT2D eigenvalue weighted by Crippen LogP contribution is 2.12. The second kappa shape index (κ2) is 28.7. The lowest BCUT2D eigenvalue weighted by molar-refractivity contribution is -0.697. The third kappa shape index (κ3) is 21.8. The van der Waals surface area contributed by atoms with Crippen LogP contribution in [0.3, 0.4) is 0 Å². The number of ether oxygens (including phenoxy) is 2. The van der Waals surface area contributed by atoms with E-state index in [9.17, 15) is 0 Å². The first-order chi connectivity index (χ1) is 21.8. The van der Waals surface area contributed by atoms with E-state index in [-0.39, 0.29) is 0 Å². The van der Waals surface area contributed by atoms with Crippen LogP contribution >= 0.6 is 0 Å². The van der Waals surface area contributed by atoms with E-state index in [0.29, 0.717) is 13.2 Å². The maximum absolute atomic E-state index is 5.91. The second-order valence-corrected chi connectivity index (χ2v) is 13.1. The molecule has 0 saturated heterocycles. The van der Waals surface area contributed by atoms with Crippen molar-refractivity contribution in [2.45, 2.75) is 181 Å². The number of aryl methyl sites for hydroxylation is 2. The summed E-state index contributed by atoms with van der Waals surface area (Å²) >= 11 is 0. The van der Waals surface area contributed by atoms with E-state index >= 15 is 0 Å². The Morgan fingerprint density at radius 2 is 0.682 bits per heavy atom. The highest BCUT2D eigenvalue weighted by molar-refractivity contribution is 5.06. The number of unbranched alkanes of at least 4 members (excludes halogenated alkanes) is 19. The van der Waals surface area contributed by atoms with Gasteiger partial charge in [-0.1, -0.05) is 117 Å². The summed E-state index contributed by atoms with van der Waals surface area (Å²) in [5, 5.41) is 0. The number of hydrogen-bond donors (Lipinski definition) is 0. The highest BCUT2D eigenvalue weighted by Gasteiger charge is 2.04. The van der Waals surface area contributed by atoms with E-state index in [1.54, 1.807) is 0 Å². The molecule has 0 aliphatic heterocycles. The molecule has 250 valence electrons. The molecule has 0 aromatic carbocycles. The van der Waals surface area contributed by atoms with E-state index < -0.39 is 0 Å². The van der Waals surface area contributed by atoms with Gasteiger partial charge in [0.05, 0.1) is 13.2 Å². The highest BCUT2D eigenvalue weighted by atomic mass is 16.5. The van der Waals surface area contributed by atoms with E-state index in [0.717, 1.165) is 39.1 Å². The quantitative estimate of drug-likeness (QED) is 0.0627. The minimum atomic E-state index is 0.698. The number of hydrogen-bond acceptors (Lipinski definition) is 2. The van der Waals surface area contributed by atoms with E-state index in [2.05, 4.69) is 72.0 Å². The summed E-state index contributed by atoms with van der Waals surface area (Å²) in [5.74, 6) is 0. The van der Waals surface area contributed by atoms with Crippen molar-refractivity contribution >= 4 is 0 Å². The van der Waals surface area contributed by atoms with Crippen LogP contribution in [0.5, 0.6) is 0 Å². The van der Waals surface area contributed by atoms with Crippen LogP contribution in [0.2, 0.25) is 0 Å². The van der Waals surface area contributed by atoms with Gasteiger partial charge >= 0.3 is 0 Å². The average molecular weight is 611 g/mol. The Hall–Kier alpha value is -1.78. The Morgan fingerprint density at radius 1 is 0.386 bits per heavy atom. The zero-order chi connectivity index (χ0) is 31.2. The van der Waals surface area contributed by atoms with Crippen LogP contribution in [0.1, 0.15) is 166 Å². The zero-order valence-corrected chi connectivity index (χ0v) is 29.1. The molecular formula is C40H70N2O2+2. The van der Waals surface area contributed by atoms with E-state index in [1.807, 2.05) is 0 Å². The van der Waals surface area contributed by atoms with E-state index in [1.165, 1.54) is 140 Å². The van der Waals surface area contributed by atoms with Gasteiger partial charge in [-0.25, -0.2) is 9.13 Å². The summed E-state index contributed by atoms with van der Waals surface area (Å²) in [6.45, 7) is 9.81.